The fraction of sp³-hybridized carbons (Fsp3) is 0.182. The lowest BCUT2D eigenvalue weighted by Gasteiger charge is -2.03. The number of halogens is 1. The second-order valence-corrected chi connectivity index (χ2v) is 4.22. The van der Waals surface area contributed by atoms with Crippen molar-refractivity contribution in [2.24, 2.45) is 0 Å². The Morgan fingerprint density at radius 2 is 2.07 bits per heavy atom. The zero-order valence-corrected chi connectivity index (χ0v) is 10.0. The molecule has 15 heavy (non-hydrogen) atoms. The van der Waals surface area contributed by atoms with Gasteiger partial charge >= 0.3 is 0 Å². The maximum atomic E-state index is 4.22. The predicted octanol–water partition coefficient (Wildman–Crippen LogP) is 2.35. The van der Waals surface area contributed by atoms with E-state index in [1.165, 1.54) is 5.56 Å². The third-order valence-corrected chi connectivity index (χ3v) is 2.54. The first-order valence-corrected chi connectivity index (χ1v) is 5.53. The molecule has 0 bridgehead atoms. The number of hydrogen-bond donors (Lipinski definition) is 1. The Labute approximate surface area is 97.2 Å². The van der Waals surface area contributed by atoms with Gasteiger partial charge in [0.25, 0.3) is 0 Å². The van der Waals surface area contributed by atoms with E-state index in [4.69, 9.17) is 0 Å². The summed E-state index contributed by atoms with van der Waals surface area (Å²) < 4.78 is 2.83. The summed E-state index contributed by atoms with van der Waals surface area (Å²) in [5.41, 5.74) is 2.34. The molecule has 0 aliphatic rings. The zero-order valence-electron chi connectivity index (χ0n) is 8.44. The lowest BCUT2D eigenvalue weighted by atomic mass is 10.2. The molecular formula is C11H12BrN3. The Bertz CT molecular complexity index is 433. The summed E-state index contributed by atoms with van der Waals surface area (Å²) in [6.07, 6.45) is 3.72. The molecule has 0 spiro atoms. The van der Waals surface area contributed by atoms with Gasteiger partial charge in [0.05, 0.1) is 16.4 Å². The van der Waals surface area contributed by atoms with Gasteiger partial charge in [0, 0.05) is 12.7 Å². The molecule has 0 aliphatic carbocycles. The highest BCUT2D eigenvalue weighted by Gasteiger charge is 1.98. The summed E-state index contributed by atoms with van der Waals surface area (Å²) in [4.78, 5) is 0. The fourth-order valence-electron chi connectivity index (χ4n) is 1.41. The summed E-state index contributed by atoms with van der Waals surface area (Å²) in [6.45, 7) is 0.892. The molecule has 0 aliphatic heterocycles. The largest absolute Gasteiger partial charge is 0.316 e. The molecule has 3 nitrogen and oxygen atoms in total. The summed E-state index contributed by atoms with van der Waals surface area (Å²) in [7, 11) is 1.94. The van der Waals surface area contributed by atoms with Crippen molar-refractivity contribution < 1.29 is 0 Å². The molecule has 0 amide bonds. The van der Waals surface area contributed by atoms with Gasteiger partial charge < -0.3 is 5.32 Å². The Hall–Kier alpha value is -1.13. The van der Waals surface area contributed by atoms with Crippen LogP contribution in [-0.4, -0.2) is 16.8 Å². The molecule has 2 aromatic rings. The van der Waals surface area contributed by atoms with Gasteiger partial charge in [-0.05, 0) is 40.7 Å². The molecule has 0 fully saturated rings. The quantitative estimate of drug-likeness (QED) is 0.924. The highest BCUT2D eigenvalue weighted by molar-refractivity contribution is 9.10. The third-order valence-electron chi connectivity index (χ3n) is 2.13. The number of benzene rings is 1. The minimum Gasteiger partial charge on any atom is -0.316 e. The van der Waals surface area contributed by atoms with Gasteiger partial charge in [0.2, 0.25) is 0 Å². The number of nitrogens with zero attached hydrogens (tertiary/aromatic N) is 2. The highest BCUT2D eigenvalue weighted by atomic mass is 79.9. The molecule has 0 saturated carbocycles. The molecule has 4 heteroatoms. The van der Waals surface area contributed by atoms with Gasteiger partial charge in [-0.25, -0.2) is 4.68 Å². The monoisotopic (exact) mass is 265 g/mol. The molecule has 78 valence electrons. The van der Waals surface area contributed by atoms with Crippen LogP contribution in [-0.2, 0) is 6.54 Å². The molecular weight excluding hydrogens is 254 g/mol. The van der Waals surface area contributed by atoms with E-state index in [2.05, 4.69) is 50.6 Å². The maximum absolute atomic E-state index is 4.22. The maximum Gasteiger partial charge on any atom is 0.0646 e. The van der Waals surface area contributed by atoms with E-state index in [0.717, 1.165) is 16.7 Å². The van der Waals surface area contributed by atoms with Crippen LogP contribution in [0.1, 0.15) is 5.56 Å². The van der Waals surface area contributed by atoms with Crippen LogP contribution in [0.5, 0.6) is 0 Å². The topological polar surface area (TPSA) is 29.9 Å². The summed E-state index contributed by atoms with van der Waals surface area (Å²) >= 11 is 3.38. The van der Waals surface area contributed by atoms with Gasteiger partial charge in [-0.2, -0.15) is 5.10 Å². The first-order chi connectivity index (χ1) is 7.29. The van der Waals surface area contributed by atoms with Crippen molar-refractivity contribution in [3.05, 3.63) is 46.7 Å². The average Bonchev–Trinajstić information content (AvgIpc) is 2.67. The van der Waals surface area contributed by atoms with Crippen molar-refractivity contribution in [2.75, 3.05) is 7.05 Å². The Balaban J connectivity index is 2.23. The highest BCUT2D eigenvalue weighted by Crippen LogP contribution is 2.13. The Morgan fingerprint density at radius 3 is 2.60 bits per heavy atom. The van der Waals surface area contributed by atoms with Gasteiger partial charge in [-0.15, -0.1) is 0 Å². The first-order valence-electron chi connectivity index (χ1n) is 4.73. The van der Waals surface area contributed by atoms with E-state index < -0.39 is 0 Å². The molecule has 1 heterocycles. The van der Waals surface area contributed by atoms with Crippen molar-refractivity contribution in [3.8, 4) is 5.69 Å². The van der Waals surface area contributed by atoms with Crippen LogP contribution in [0.25, 0.3) is 5.69 Å². The lowest BCUT2D eigenvalue weighted by Crippen LogP contribution is -2.05. The van der Waals surface area contributed by atoms with E-state index in [-0.39, 0.29) is 0 Å². The van der Waals surface area contributed by atoms with Crippen LogP contribution in [0, 0.1) is 0 Å². The van der Waals surface area contributed by atoms with Crippen LogP contribution in [0.3, 0.4) is 0 Å². The molecule has 1 N–H and O–H groups in total. The predicted molar refractivity (Wildman–Crippen MR) is 64.0 cm³/mol. The number of nitrogens with one attached hydrogen (secondary N) is 1. The second kappa shape index (κ2) is 4.59. The minimum atomic E-state index is 0.892. The summed E-state index contributed by atoms with van der Waals surface area (Å²) in [6, 6.07) is 8.32. The van der Waals surface area contributed by atoms with E-state index in [1.54, 1.807) is 6.20 Å². The van der Waals surface area contributed by atoms with Crippen LogP contribution >= 0.6 is 15.9 Å². The molecule has 0 unspecified atom stereocenters. The van der Waals surface area contributed by atoms with Gasteiger partial charge in [0.15, 0.2) is 0 Å². The van der Waals surface area contributed by atoms with Gasteiger partial charge in [0.1, 0.15) is 0 Å². The van der Waals surface area contributed by atoms with E-state index in [0.29, 0.717) is 0 Å². The molecule has 0 saturated heterocycles. The second-order valence-electron chi connectivity index (χ2n) is 3.30. The Morgan fingerprint density at radius 1 is 1.33 bits per heavy atom. The Kier molecular flexibility index (Phi) is 3.18. The molecule has 0 atom stereocenters. The van der Waals surface area contributed by atoms with E-state index in [1.807, 2.05) is 17.9 Å². The summed E-state index contributed by atoms with van der Waals surface area (Å²) in [5, 5.41) is 7.33. The minimum absolute atomic E-state index is 0.892. The van der Waals surface area contributed by atoms with Crippen molar-refractivity contribution in [2.45, 2.75) is 6.54 Å². The summed E-state index contributed by atoms with van der Waals surface area (Å²) in [5.74, 6) is 0. The first kappa shape index (κ1) is 10.4. The van der Waals surface area contributed by atoms with Crippen LogP contribution in [0.4, 0.5) is 0 Å². The molecule has 0 radical (unpaired) electrons. The molecule has 2 rings (SSSR count). The van der Waals surface area contributed by atoms with Gasteiger partial charge in [-0.1, -0.05) is 12.1 Å². The average molecular weight is 266 g/mol. The van der Waals surface area contributed by atoms with Crippen LogP contribution in [0.15, 0.2) is 41.1 Å². The SMILES string of the molecule is CNCc1ccc(-n2cc(Br)cn2)cc1. The smallest absolute Gasteiger partial charge is 0.0646 e. The van der Waals surface area contributed by atoms with Gasteiger partial charge in [-0.3, -0.25) is 0 Å². The standard InChI is InChI=1S/C11H12BrN3/c1-13-6-9-2-4-11(5-3-9)15-8-10(12)7-14-15/h2-5,7-8,13H,6H2,1H3. The molecule has 1 aromatic carbocycles. The van der Waals surface area contributed by atoms with Crippen molar-refractivity contribution in [3.63, 3.8) is 0 Å². The fourth-order valence-corrected chi connectivity index (χ4v) is 1.70. The zero-order chi connectivity index (χ0) is 10.7. The third kappa shape index (κ3) is 2.46. The molecule has 1 aromatic heterocycles. The van der Waals surface area contributed by atoms with E-state index >= 15 is 0 Å². The van der Waals surface area contributed by atoms with Crippen molar-refractivity contribution in [1.29, 1.82) is 0 Å². The number of hydrogen-bond acceptors (Lipinski definition) is 2. The van der Waals surface area contributed by atoms with E-state index in [9.17, 15) is 0 Å². The van der Waals surface area contributed by atoms with Crippen molar-refractivity contribution >= 4 is 15.9 Å². The van der Waals surface area contributed by atoms with Crippen molar-refractivity contribution in [1.82, 2.24) is 15.1 Å². The van der Waals surface area contributed by atoms with Crippen LogP contribution < -0.4 is 5.32 Å². The number of rotatable bonds is 3. The van der Waals surface area contributed by atoms with Crippen LogP contribution in [0.2, 0.25) is 0 Å². The normalized spacial score (nSPS) is 10.5. The number of aromatic nitrogens is 2. The lowest BCUT2D eigenvalue weighted by molar-refractivity contribution is 0.815.